The first-order valence-electron chi connectivity index (χ1n) is 9.25. The minimum absolute atomic E-state index is 0. The Kier molecular flexibility index (Phi) is 9.71. The number of nitrogens with one attached hydrogen (secondary N) is 1. The molecule has 1 heterocycles. The zero-order valence-electron chi connectivity index (χ0n) is 16.5. The fourth-order valence-corrected chi connectivity index (χ4v) is 2.72. The van der Waals surface area contributed by atoms with Crippen molar-refractivity contribution in [3.63, 3.8) is 0 Å². The molecule has 0 aliphatic carbocycles. The molecule has 0 radical (unpaired) electrons. The molecule has 1 saturated heterocycles. The number of nitrogens with two attached hydrogens (primary N) is 1. The van der Waals surface area contributed by atoms with E-state index in [2.05, 4.69) is 50.1 Å². The van der Waals surface area contributed by atoms with Crippen LogP contribution in [-0.4, -0.2) is 38.4 Å². The van der Waals surface area contributed by atoms with E-state index >= 15 is 0 Å². The van der Waals surface area contributed by atoms with Crippen LogP contribution in [0.2, 0.25) is 0 Å². The average molecular weight is 475 g/mol. The van der Waals surface area contributed by atoms with Gasteiger partial charge in [-0.15, -0.1) is 24.0 Å². The first-order valence-corrected chi connectivity index (χ1v) is 9.25. The number of rotatable bonds is 8. The molecular weight excluding hydrogens is 441 g/mol. The van der Waals surface area contributed by atoms with Crippen LogP contribution in [0.1, 0.15) is 46.1 Å². The van der Waals surface area contributed by atoms with Gasteiger partial charge in [-0.1, -0.05) is 39.8 Å². The molecule has 0 saturated carbocycles. The third-order valence-electron chi connectivity index (χ3n) is 4.40. The predicted octanol–water partition coefficient (Wildman–Crippen LogP) is 3.70. The molecule has 0 spiro atoms. The molecule has 1 fully saturated rings. The van der Waals surface area contributed by atoms with E-state index < -0.39 is 0 Å². The van der Waals surface area contributed by atoms with Crippen molar-refractivity contribution in [1.29, 1.82) is 0 Å². The maximum atomic E-state index is 5.99. The lowest BCUT2D eigenvalue weighted by Crippen LogP contribution is -2.38. The van der Waals surface area contributed by atoms with E-state index in [1.54, 1.807) is 0 Å². The number of guanidine groups is 1. The van der Waals surface area contributed by atoms with Gasteiger partial charge in [-0.2, -0.15) is 0 Å². The van der Waals surface area contributed by atoms with Crippen molar-refractivity contribution >= 4 is 29.9 Å². The molecule has 148 valence electrons. The number of hydrogen-bond donors (Lipinski definition) is 2. The summed E-state index contributed by atoms with van der Waals surface area (Å²) < 4.78 is 11.3. The summed E-state index contributed by atoms with van der Waals surface area (Å²) in [5, 5.41) is 3.17. The molecule has 0 aromatic heterocycles. The molecule has 1 unspecified atom stereocenters. The lowest BCUT2D eigenvalue weighted by molar-refractivity contribution is 0.114. The smallest absolute Gasteiger partial charge is 0.188 e. The molecule has 1 aromatic rings. The molecule has 26 heavy (non-hydrogen) atoms. The number of ether oxygens (including phenoxy) is 2. The Balaban J connectivity index is 0.00000338. The SMILES string of the molecule is CC(C)COc1ccc(C(C)(C)CN=C(N)NCC2CCCO2)cc1.I. The minimum atomic E-state index is -0.0905. The zero-order valence-corrected chi connectivity index (χ0v) is 18.8. The summed E-state index contributed by atoms with van der Waals surface area (Å²) >= 11 is 0. The highest BCUT2D eigenvalue weighted by atomic mass is 127. The van der Waals surface area contributed by atoms with Crippen LogP contribution in [0, 0.1) is 5.92 Å². The summed E-state index contributed by atoms with van der Waals surface area (Å²) in [6, 6.07) is 8.28. The molecule has 0 amide bonds. The normalized spacial score (nSPS) is 17.9. The van der Waals surface area contributed by atoms with E-state index in [0.29, 0.717) is 18.4 Å². The molecule has 2 rings (SSSR count). The van der Waals surface area contributed by atoms with Gasteiger partial charge < -0.3 is 20.5 Å². The predicted molar refractivity (Wildman–Crippen MR) is 119 cm³/mol. The number of halogens is 1. The van der Waals surface area contributed by atoms with Crippen molar-refractivity contribution in [3.05, 3.63) is 29.8 Å². The fraction of sp³-hybridized carbons (Fsp3) is 0.650. The van der Waals surface area contributed by atoms with Crippen molar-refractivity contribution in [2.45, 2.75) is 52.1 Å². The van der Waals surface area contributed by atoms with Crippen molar-refractivity contribution in [2.24, 2.45) is 16.6 Å². The third kappa shape index (κ3) is 7.70. The second-order valence-corrected chi connectivity index (χ2v) is 7.83. The highest BCUT2D eigenvalue weighted by molar-refractivity contribution is 14.0. The highest BCUT2D eigenvalue weighted by Gasteiger charge is 2.21. The van der Waals surface area contributed by atoms with E-state index in [1.807, 2.05) is 12.1 Å². The Morgan fingerprint density at radius 2 is 2.04 bits per heavy atom. The molecule has 1 atom stereocenters. The van der Waals surface area contributed by atoms with E-state index in [4.69, 9.17) is 15.2 Å². The van der Waals surface area contributed by atoms with Gasteiger partial charge >= 0.3 is 0 Å². The van der Waals surface area contributed by atoms with Crippen LogP contribution in [0.15, 0.2) is 29.3 Å². The van der Waals surface area contributed by atoms with Crippen molar-refractivity contribution in [3.8, 4) is 5.75 Å². The van der Waals surface area contributed by atoms with E-state index in [-0.39, 0.29) is 35.5 Å². The van der Waals surface area contributed by atoms with Crippen LogP contribution in [0.5, 0.6) is 5.75 Å². The summed E-state index contributed by atoms with van der Waals surface area (Å²) in [7, 11) is 0. The highest BCUT2D eigenvalue weighted by Crippen LogP contribution is 2.25. The fourth-order valence-electron chi connectivity index (χ4n) is 2.72. The first kappa shape index (κ1) is 23.0. The molecule has 6 heteroatoms. The second kappa shape index (κ2) is 11.0. The monoisotopic (exact) mass is 475 g/mol. The minimum Gasteiger partial charge on any atom is -0.493 e. The Hall–Kier alpha value is -1.02. The summed E-state index contributed by atoms with van der Waals surface area (Å²) in [5.74, 6) is 1.92. The van der Waals surface area contributed by atoms with Gasteiger partial charge in [-0.3, -0.25) is 4.99 Å². The molecule has 5 nitrogen and oxygen atoms in total. The zero-order chi connectivity index (χ0) is 18.3. The van der Waals surface area contributed by atoms with E-state index in [1.165, 1.54) is 5.56 Å². The van der Waals surface area contributed by atoms with Crippen LogP contribution in [-0.2, 0) is 10.2 Å². The van der Waals surface area contributed by atoms with Crippen LogP contribution in [0.25, 0.3) is 0 Å². The third-order valence-corrected chi connectivity index (χ3v) is 4.40. The van der Waals surface area contributed by atoms with Gasteiger partial charge in [0.1, 0.15) is 5.75 Å². The van der Waals surface area contributed by atoms with Gasteiger partial charge in [0, 0.05) is 18.6 Å². The standard InChI is InChI=1S/C20H33N3O2.HI/c1-15(2)13-25-17-9-7-16(8-10-17)20(3,4)14-23-19(21)22-12-18-6-5-11-24-18;/h7-10,15,18H,5-6,11-14H2,1-4H3,(H3,21,22,23);1H. The van der Waals surface area contributed by atoms with Gasteiger partial charge in [0.15, 0.2) is 5.96 Å². The number of benzene rings is 1. The molecule has 1 aromatic carbocycles. The average Bonchev–Trinajstić information content (AvgIpc) is 3.10. The quantitative estimate of drug-likeness (QED) is 0.342. The summed E-state index contributed by atoms with van der Waals surface area (Å²) in [6.07, 6.45) is 2.49. The van der Waals surface area contributed by atoms with Crippen LogP contribution in [0.4, 0.5) is 0 Å². The van der Waals surface area contributed by atoms with Crippen molar-refractivity contribution < 1.29 is 9.47 Å². The van der Waals surface area contributed by atoms with Gasteiger partial charge in [0.25, 0.3) is 0 Å². The maximum absolute atomic E-state index is 5.99. The summed E-state index contributed by atoms with van der Waals surface area (Å²) in [5.41, 5.74) is 7.12. The Morgan fingerprint density at radius 3 is 2.62 bits per heavy atom. The lowest BCUT2D eigenvalue weighted by atomic mass is 9.85. The van der Waals surface area contributed by atoms with Crippen LogP contribution in [0.3, 0.4) is 0 Å². The van der Waals surface area contributed by atoms with Gasteiger partial charge in [0.2, 0.25) is 0 Å². The summed E-state index contributed by atoms with van der Waals surface area (Å²) in [6.45, 7) is 11.6. The molecule has 3 N–H and O–H groups in total. The maximum Gasteiger partial charge on any atom is 0.188 e. The van der Waals surface area contributed by atoms with Crippen molar-refractivity contribution in [2.75, 3.05) is 26.3 Å². The topological polar surface area (TPSA) is 68.9 Å². The van der Waals surface area contributed by atoms with Gasteiger partial charge in [-0.05, 0) is 36.5 Å². The number of nitrogens with zero attached hydrogens (tertiary/aromatic N) is 1. The van der Waals surface area contributed by atoms with E-state index in [9.17, 15) is 0 Å². The Bertz CT molecular complexity index is 553. The molecule has 1 aliphatic heterocycles. The van der Waals surface area contributed by atoms with Crippen LogP contribution >= 0.6 is 24.0 Å². The van der Waals surface area contributed by atoms with Gasteiger partial charge in [-0.25, -0.2) is 0 Å². The Labute approximate surface area is 175 Å². The first-order chi connectivity index (χ1) is 11.9. The van der Waals surface area contributed by atoms with Gasteiger partial charge in [0.05, 0.1) is 19.3 Å². The van der Waals surface area contributed by atoms with Crippen LogP contribution < -0.4 is 15.8 Å². The largest absolute Gasteiger partial charge is 0.493 e. The Morgan fingerprint density at radius 1 is 1.35 bits per heavy atom. The summed E-state index contributed by atoms with van der Waals surface area (Å²) in [4.78, 5) is 4.51. The molecule has 1 aliphatic rings. The lowest BCUT2D eigenvalue weighted by Gasteiger charge is -2.24. The molecular formula is C20H34IN3O2. The second-order valence-electron chi connectivity index (χ2n) is 7.83. The molecule has 0 bridgehead atoms. The van der Waals surface area contributed by atoms with Crippen molar-refractivity contribution in [1.82, 2.24) is 5.32 Å². The number of hydrogen-bond acceptors (Lipinski definition) is 3. The number of aliphatic imine (C=N–C) groups is 1. The van der Waals surface area contributed by atoms with E-state index in [0.717, 1.165) is 38.3 Å².